The summed E-state index contributed by atoms with van der Waals surface area (Å²) in [6, 6.07) is 4.52. The molecule has 1 aliphatic rings. The first kappa shape index (κ1) is 21.0. The second-order valence-electron chi connectivity index (χ2n) is 8.16. The first-order chi connectivity index (χ1) is 17.0. The van der Waals surface area contributed by atoms with Gasteiger partial charge in [0.15, 0.2) is 0 Å². The fraction of sp³-hybridized carbons (Fsp3) is 0.273. The van der Waals surface area contributed by atoms with Crippen molar-refractivity contribution in [1.82, 2.24) is 44.5 Å². The molecule has 35 heavy (non-hydrogen) atoms. The maximum Gasteiger partial charge on any atom is 0.312 e. The van der Waals surface area contributed by atoms with Crippen molar-refractivity contribution in [2.45, 2.75) is 25.7 Å². The van der Waals surface area contributed by atoms with Crippen LogP contribution in [0.25, 0.3) is 17.0 Å². The van der Waals surface area contributed by atoms with Crippen LogP contribution in [-0.2, 0) is 13.5 Å². The third-order valence-electron chi connectivity index (χ3n) is 5.80. The Kier molecular flexibility index (Phi) is 4.83. The highest BCUT2D eigenvalue weighted by Gasteiger charge is 2.38. The molecule has 0 radical (unpaired) electrons. The average molecular weight is 477 g/mol. The molecule has 5 aromatic heterocycles. The molecule has 0 bridgehead atoms. The van der Waals surface area contributed by atoms with Gasteiger partial charge in [-0.3, -0.25) is 9.48 Å². The molecule has 6 rings (SSSR count). The number of carbonyl (C=O) groups is 1. The number of aromatic amines is 1. The molecular formula is C22H20FN9O3. The average Bonchev–Trinajstić information content (AvgIpc) is 3.63. The Morgan fingerprint density at radius 1 is 1.37 bits per heavy atom. The number of aryl methyl sites for hydroxylation is 1. The molecule has 0 spiro atoms. The zero-order valence-corrected chi connectivity index (χ0v) is 18.8. The summed E-state index contributed by atoms with van der Waals surface area (Å²) in [4.78, 5) is 22.8. The minimum atomic E-state index is -1.49. The highest BCUT2D eigenvalue weighted by atomic mass is 19.1. The van der Waals surface area contributed by atoms with Gasteiger partial charge < -0.3 is 19.0 Å². The van der Waals surface area contributed by atoms with E-state index in [-0.39, 0.29) is 11.8 Å². The van der Waals surface area contributed by atoms with Crippen molar-refractivity contribution in [1.29, 1.82) is 0 Å². The van der Waals surface area contributed by atoms with Crippen molar-refractivity contribution in [3.63, 3.8) is 0 Å². The van der Waals surface area contributed by atoms with Gasteiger partial charge in [0.25, 0.3) is 5.89 Å². The molecule has 1 N–H and O–H groups in total. The van der Waals surface area contributed by atoms with Crippen LogP contribution in [0.5, 0.6) is 5.75 Å². The number of amides is 1. The zero-order chi connectivity index (χ0) is 24.1. The molecule has 12 nitrogen and oxygen atoms in total. The Bertz CT molecular complexity index is 1530. The van der Waals surface area contributed by atoms with Crippen LogP contribution in [0.3, 0.4) is 0 Å². The smallest absolute Gasteiger partial charge is 0.312 e. The zero-order valence-electron chi connectivity index (χ0n) is 18.8. The molecule has 178 valence electrons. The van der Waals surface area contributed by atoms with E-state index in [1.807, 2.05) is 0 Å². The maximum absolute atomic E-state index is 13.6. The largest absolute Gasteiger partial charge is 0.458 e. The highest BCUT2D eigenvalue weighted by molar-refractivity contribution is 5.90. The van der Waals surface area contributed by atoms with Gasteiger partial charge in [0, 0.05) is 45.0 Å². The standard InChI is InChI=1S/C22H20FN9O3/c1-12(23)34-17-4-3-6-32-16(17)8-15(29-32)19-18-14(24-11-25-18)5-7-31(19)22(33)21-28-27-20(35-21)13-9-26-30(2)10-13/h3-4,6,8-12,19H,5,7H2,1-2H3,(H,24,25)/t12?,19-/m1/s1. The van der Waals surface area contributed by atoms with Crippen LogP contribution in [0.4, 0.5) is 4.39 Å². The van der Waals surface area contributed by atoms with E-state index in [1.165, 1.54) is 6.92 Å². The van der Waals surface area contributed by atoms with Gasteiger partial charge in [0.05, 0.1) is 29.5 Å². The Morgan fingerprint density at radius 2 is 2.26 bits per heavy atom. The molecule has 5 aromatic rings. The number of hydrogen-bond acceptors (Lipinski definition) is 8. The predicted molar refractivity (Wildman–Crippen MR) is 118 cm³/mol. The molecule has 0 saturated heterocycles. The van der Waals surface area contributed by atoms with Crippen LogP contribution in [0.15, 0.2) is 47.5 Å². The van der Waals surface area contributed by atoms with Gasteiger partial charge in [0.1, 0.15) is 17.3 Å². The van der Waals surface area contributed by atoms with Gasteiger partial charge in [-0.15, -0.1) is 10.2 Å². The summed E-state index contributed by atoms with van der Waals surface area (Å²) >= 11 is 0. The van der Waals surface area contributed by atoms with Crippen molar-refractivity contribution in [3.8, 4) is 17.2 Å². The molecule has 1 unspecified atom stereocenters. The van der Waals surface area contributed by atoms with E-state index in [1.54, 1.807) is 64.3 Å². The van der Waals surface area contributed by atoms with Crippen molar-refractivity contribution in [2.75, 3.05) is 6.54 Å². The monoisotopic (exact) mass is 477 g/mol. The van der Waals surface area contributed by atoms with Crippen molar-refractivity contribution in [2.24, 2.45) is 7.05 Å². The van der Waals surface area contributed by atoms with Gasteiger partial charge in [-0.1, -0.05) is 0 Å². The van der Waals surface area contributed by atoms with Crippen LogP contribution in [0, 0.1) is 0 Å². The Hall–Kier alpha value is -4.55. The SMILES string of the molecule is CC(F)Oc1cccn2nc([C@@H]3c4nc[nH]c4CCN3C(=O)c3nnc(-c4cnn(C)c4)o3)cc12. The van der Waals surface area contributed by atoms with Crippen LogP contribution in [-0.4, -0.2) is 63.3 Å². The van der Waals surface area contributed by atoms with Crippen LogP contribution in [0.2, 0.25) is 0 Å². The van der Waals surface area contributed by atoms with Crippen molar-refractivity contribution >= 4 is 11.4 Å². The third kappa shape index (κ3) is 3.61. The molecule has 0 aromatic carbocycles. The molecule has 1 amide bonds. The lowest BCUT2D eigenvalue weighted by Crippen LogP contribution is -2.41. The number of fused-ring (bicyclic) bond motifs is 2. The molecular weight excluding hydrogens is 457 g/mol. The van der Waals surface area contributed by atoms with E-state index < -0.39 is 18.3 Å². The number of nitrogens with one attached hydrogen (secondary N) is 1. The van der Waals surface area contributed by atoms with E-state index in [9.17, 15) is 9.18 Å². The first-order valence-corrected chi connectivity index (χ1v) is 10.9. The second kappa shape index (κ2) is 8.04. The van der Waals surface area contributed by atoms with Crippen molar-refractivity contribution in [3.05, 3.63) is 66.1 Å². The number of H-pyrrole nitrogens is 1. The van der Waals surface area contributed by atoms with E-state index in [4.69, 9.17) is 9.15 Å². The molecule has 13 heteroatoms. The number of carbonyl (C=O) groups excluding carboxylic acids is 1. The maximum atomic E-state index is 13.6. The van der Waals surface area contributed by atoms with E-state index >= 15 is 0 Å². The molecule has 0 saturated carbocycles. The molecule has 1 aliphatic heterocycles. The Morgan fingerprint density at radius 3 is 3.06 bits per heavy atom. The normalized spacial score (nSPS) is 16.4. The first-order valence-electron chi connectivity index (χ1n) is 10.9. The summed E-state index contributed by atoms with van der Waals surface area (Å²) < 4.78 is 27.8. The van der Waals surface area contributed by atoms with Gasteiger partial charge in [-0.25, -0.2) is 13.9 Å². The van der Waals surface area contributed by atoms with E-state index in [0.29, 0.717) is 41.2 Å². The quantitative estimate of drug-likeness (QED) is 0.408. The summed E-state index contributed by atoms with van der Waals surface area (Å²) in [6.07, 6.45) is 5.70. The molecule has 0 fully saturated rings. The number of imidazole rings is 1. The molecule has 2 atom stereocenters. The summed E-state index contributed by atoms with van der Waals surface area (Å²) in [7, 11) is 1.77. The summed E-state index contributed by atoms with van der Waals surface area (Å²) in [6.45, 7) is 1.69. The number of pyridine rings is 1. The van der Waals surface area contributed by atoms with Gasteiger partial charge in [-0.05, 0) is 18.2 Å². The number of hydrogen-bond donors (Lipinski definition) is 1. The fourth-order valence-corrected chi connectivity index (χ4v) is 4.29. The Balaban J connectivity index is 1.40. The molecule has 6 heterocycles. The van der Waals surface area contributed by atoms with Crippen molar-refractivity contribution < 1.29 is 18.3 Å². The van der Waals surface area contributed by atoms with Crippen LogP contribution < -0.4 is 4.74 Å². The summed E-state index contributed by atoms with van der Waals surface area (Å²) in [5, 5.41) is 16.7. The number of rotatable bonds is 5. The minimum Gasteiger partial charge on any atom is -0.458 e. The number of aromatic nitrogens is 8. The number of nitrogens with zero attached hydrogens (tertiary/aromatic N) is 8. The molecule has 0 aliphatic carbocycles. The second-order valence-corrected chi connectivity index (χ2v) is 8.16. The van der Waals surface area contributed by atoms with Gasteiger partial charge in [-0.2, -0.15) is 10.2 Å². The summed E-state index contributed by atoms with van der Waals surface area (Å²) in [5.41, 5.74) is 3.30. The van der Waals surface area contributed by atoms with Crippen LogP contribution >= 0.6 is 0 Å². The van der Waals surface area contributed by atoms with E-state index in [0.717, 1.165) is 5.69 Å². The van der Waals surface area contributed by atoms with Crippen LogP contribution in [0.1, 0.15) is 40.7 Å². The lowest BCUT2D eigenvalue weighted by molar-refractivity contribution is 0.0646. The third-order valence-corrected chi connectivity index (χ3v) is 5.80. The lowest BCUT2D eigenvalue weighted by atomic mass is 9.99. The number of alkyl halides is 1. The number of ether oxygens (including phenoxy) is 1. The number of halogens is 1. The predicted octanol–water partition coefficient (Wildman–Crippen LogP) is 2.32. The summed E-state index contributed by atoms with van der Waals surface area (Å²) in [5.74, 6) is -0.0513. The van der Waals surface area contributed by atoms with Gasteiger partial charge >= 0.3 is 11.8 Å². The highest BCUT2D eigenvalue weighted by Crippen LogP contribution is 2.35. The van der Waals surface area contributed by atoms with E-state index in [2.05, 4.69) is 30.4 Å². The Labute approximate surface area is 197 Å². The van der Waals surface area contributed by atoms with Gasteiger partial charge in [0.2, 0.25) is 6.36 Å². The topological polar surface area (TPSA) is 132 Å². The minimum absolute atomic E-state index is 0.146. The lowest BCUT2D eigenvalue weighted by Gasteiger charge is -2.32. The fourth-order valence-electron chi connectivity index (χ4n) is 4.29.